The van der Waals surface area contributed by atoms with Crippen LogP contribution in [0, 0.1) is 0 Å². The van der Waals surface area contributed by atoms with Crippen molar-refractivity contribution in [1.82, 2.24) is 9.78 Å². The number of rotatable bonds is 4. The van der Waals surface area contributed by atoms with Gasteiger partial charge in [0.15, 0.2) is 0 Å². The number of hydrogen-bond donors (Lipinski definition) is 0. The second-order valence-corrected chi connectivity index (χ2v) is 4.87. The van der Waals surface area contributed by atoms with E-state index < -0.39 is 19.0 Å². The van der Waals surface area contributed by atoms with Crippen LogP contribution in [-0.4, -0.2) is 43.1 Å². The summed E-state index contributed by atoms with van der Waals surface area (Å²) in [5.74, 6) is 0. The lowest BCUT2D eigenvalue weighted by molar-refractivity contribution is 0.0819. The lowest BCUT2D eigenvalue weighted by Crippen LogP contribution is -2.38. The highest BCUT2D eigenvalue weighted by Gasteiger charge is 2.25. The molecule has 0 radical (unpaired) electrons. The van der Waals surface area contributed by atoms with Crippen LogP contribution >= 0.6 is 0 Å². The maximum atomic E-state index is 12.3. The number of anilines is 1. The minimum absolute atomic E-state index is 0.201. The Morgan fingerprint density at radius 3 is 2.55 bits per heavy atom. The predicted octanol–water partition coefficient (Wildman–Crippen LogP) is 1.25. The molecule has 0 aromatic carbocycles. The van der Waals surface area contributed by atoms with Gasteiger partial charge in [0.1, 0.15) is 0 Å². The monoisotopic (exact) mass is 290 g/mol. The molecule has 2 rings (SSSR count). The van der Waals surface area contributed by atoms with E-state index in [9.17, 15) is 17.7 Å². The molecule has 20 heavy (non-hydrogen) atoms. The number of halogens is 3. The van der Waals surface area contributed by atoms with Crippen molar-refractivity contribution in [2.45, 2.75) is 25.4 Å². The molecular formula is C11H16BF3N3O2-. The van der Waals surface area contributed by atoms with Crippen LogP contribution in [0.2, 0.25) is 0 Å². The largest absolute Gasteiger partial charge is 0.499 e. The van der Waals surface area contributed by atoms with Crippen LogP contribution in [0.5, 0.6) is 0 Å². The number of piperidine rings is 1. The molecule has 112 valence electrons. The highest BCUT2D eigenvalue weighted by molar-refractivity contribution is 6.57. The molecule has 0 atom stereocenters. The van der Waals surface area contributed by atoms with E-state index in [-0.39, 0.29) is 6.10 Å². The molecule has 2 heterocycles. The number of ether oxygens (including phenoxy) is 1. The SMILES string of the molecule is COC1CCN(c2cnn(C[B-](F)(F)F)c(=O)c2)CC1. The van der Waals surface area contributed by atoms with E-state index >= 15 is 0 Å². The van der Waals surface area contributed by atoms with Crippen LogP contribution in [0.3, 0.4) is 0 Å². The van der Waals surface area contributed by atoms with E-state index in [1.54, 1.807) is 7.11 Å². The Balaban J connectivity index is 2.08. The standard InChI is InChI=1S/C11H16BF3N3O2/c1-20-10-2-4-17(5-3-10)9-6-11(19)18(16-7-9)8-12(13,14)15/h6-7,10H,2-5,8H2,1H3/q-1. The highest BCUT2D eigenvalue weighted by Crippen LogP contribution is 2.19. The van der Waals surface area contributed by atoms with Gasteiger partial charge >= 0.3 is 6.98 Å². The summed E-state index contributed by atoms with van der Waals surface area (Å²) in [7, 11) is 1.65. The summed E-state index contributed by atoms with van der Waals surface area (Å²) in [5, 5.41) is 3.60. The molecule has 1 aliphatic rings. The molecule has 0 amide bonds. The van der Waals surface area contributed by atoms with Crippen molar-refractivity contribution in [3.63, 3.8) is 0 Å². The molecule has 1 aliphatic heterocycles. The zero-order chi connectivity index (χ0) is 14.8. The number of nitrogens with zero attached hydrogens (tertiary/aromatic N) is 3. The maximum Gasteiger partial charge on any atom is 0.499 e. The molecule has 0 spiro atoms. The van der Waals surface area contributed by atoms with Crippen molar-refractivity contribution in [2.24, 2.45) is 0 Å². The summed E-state index contributed by atoms with van der Waals surface area (Å²) < 4.78 is 42.6. The van der Waals surface area contributed by atoms with E-state index in [0.717, 1.165) is 12.8 Å². The first kappa shape index (κ1) is 14.9. The van der Waals surface area contributed by atoms with E-state index in [1.165, 1.54) is 12.3 Å². The van der Waals surface area contributed by atoms with Crippen molar-refractivity contribution in [3.05, 3.63) is 22.6 Å². The molecule has 5 nitrogen and oxygen atoms in total. The third-order valence-electron chi connectivity index (χ3n) is 3.38. The number of aromatic nitrogens is 2. The Morgan fingerprint density at radius 2 is 2.05 bits per heavy atom. The average molecular weight is 290 g/mol. The molecule has 1 aromatic heterocycles. The third-order valence-corrected chi connectivity index (χ3v) is 3.38. The Kier molecular flexibility index (Phi) is 4.37. The van der Waals surface area contributed by atoms with Gasteiger partial charge in [0, 0.05) is 32.7 Å². The van der Waals surface area contributed by atoms with Crippen LogP contribution in [-0.2, 0) is 11.2 Å². The fraction of sp³-hybridized carbons (Fsp3) is 0.636. The average Bonchev–Trinajstić information content (AvgIpc) is 2.40. The molecule has 0 bridgehead atoms. The second-order valence-electron chi connectivity index (χ2n) is 4.87. The Bertz CT molecular complexity index is 512. The lowest BCUT2D eigenvalue weighted by Gasteiger charge is -2.32. The Morgan fingerprint density at radius 1 is 1.40 bits per heavy atom. The number of methoxy groups -OCH3 is 1. The van der Waals surface area contributed by atoms with Crippen molar-refractivity contribution in [2.75, 3.05) is 25.1 Å². The number of hydrogen-bond acceptors (Lipinski definition) is 4. The molecule has 0 aliphatic carbocycles. The van der Waals surface area contributed by atoms with Crippen LogP contribution < -0.4 is 10.5 Å². The van der Waals surface area contributed by atoms with Gasteiger partial charge in [0.05, 0.1) is 18.0 Å². The van der Waals surface area contributed by atoms with Gasteiger partial charge in [-0.05, 0) is 12.8 Å². The van der Waals surface area contributed by atoms with Crippen LogP contribution in [0.15, 0.2) is 17.1 Å². The molecule has 1 saturated heterocycles. The minimum Gasteiger partial charge on any atom is -0.448 e. The topological polar surface area (TPSA) is 47.4 Å². The van der Waals surface area contributed by atoms with Gasteiger partial charge in [0.2, 0.25) is 0 Å². The molecular weight excluding hydrogens is 274 g/mol. The lowest BCUT2D eigenvalue weighted by atomic mass is 9.93. The van der Waals surface area contributed by atoms with Crippen molar-refractivity contribution < 1.29 is 17.7 Å². The van der Waals surface area contributed by atoms with Gasteiger partial charge in [0.25, 0.3) is 5.56 Å². The van der Waals surface area contributed by atoms with Gasteiger partial charge in [-0.25, -0.2) is 0 Å². The van der Waals surface area contributed by atoms with Gasteiger partial charge in [-0.2, -0.15) is 5.10 Å². The first-order valence-corrected chi connectivity index (χ1v) is 6.45. The van der Waals surface area contributed by atoms with E-state index in [1.807, 2.05) is 4.90 Å². The molecule has 1 aromatic rings. The zero-order valence-electron chi connectivity index (χ0n) is 11.1. The Labute approximate surface area is 114 Å². The van der Waals surface area contributed by atoms with Crippen molar-refractivity contribution in [3.8, 4) is 0 Å². The van der Waals surface area contributed by atoms with Gasteiger partial charge < -0.3 is 22.6 Å². The molecule has 9 heteroatoms. The van der Waals surface area contributed by atoms with Crippen LogP contribution in [0.1, 0.15) is 12.8 Å². The van der Waals surface area contributed by atoms with Crippen molar-refractivity contribution in [1.29, 1.82) is 0 Å². The van der Waals surface area contributed by atoms with Gasteiger partial charge in [-0.3, -0.25) is 9.48 Å². The van der Waals surface area contributed by atoms with Gasteiger partial charge in [-0.15, -0.1) is 0 Å². The van der Waals surface area contributed by atoms with Crippen LogP contribution in [0.4, 0.5) is 18.6 Å². The van der Waals surface area contributed by atoms with Crippen LogP contribution in [0.25, 0.3) is 0 Å². The first-order valence-electron chi connectivity index (χ1n) is 6.45. The first-order chi connectivity index (χ1) is 9.39. The fourth-order valence-corrected chi connectivity index (χ4v) is 2.28. The normalized spacial score (nSPS) is 17.5. The maximum absolute atomic E-state index is 12.3. The summed E-state index contributed by atoms with van der Waals surface area (Å²) in [5.41, 5.74) is -0.161. The summed E-state index contributed by atoms with van der Waals surface area (Å²) >= 11 is 0. The van der Waals surface area contributed by atoms with E-state index in [2.05, 4.69) is 5.10 Å². The second kappa shape index (κ2) is 5.86. The smallest absolute Gasteiger partial charge is 0.448 e. The van der Waals surface area contributed by atoms with Gasteiger partial charge in [-0.1, -0.05) is 0 Å². The molecule has 0 unspecified atom stereocenters. The molecule has 1 fully saturated rings. The third kappa shape index (κ3) is 3.75. The molecule has 0 N–H and O–H groups in total. The highest BCUT2D eigenvalue weighted by atomic mass is 19.4. The summed E-state index contributed by atoms with van der Waals surface area (Å²) in [6.45, 7) is -3.67. The fourth-order valence-electron chi connectivity index (χ4n) is 2.28. The minimum atomic E-state index is -5.07. The predicted molar refractivity (Wildman–Crippen MR) is 69.8 cm³/mol. The summed E-state index contributed by atoms with van der Waals surface area (Å²) in [4.78, 5) is 13.6. The zero-order valence-corrected chi connectivity index (χ0v) is 11.1. The molecule has 0 saturated carbocycles. The Hall–Kier alpha value is -1.51. The summed E-state index contributed by atoms with van der Waals surface area (Å²) in [6, 6.07) is 1.21. The van der Waals surface area contributed by atoms with E-state index in [4.69, 9.17) is 4.74 Å². The summed E-state index contributed by atoms with van der Waals surface area (Å²) in [6.07, 6.45) is 1.87. The van der Waals surface area contributed by atoms with Crippen molar-refractivity contribution >= 4 is 12.7 Å². The van der Waals surface area contributed by atoms with E-state index in [0.29, 0.717) is 23.5 Å². The quantitative estimate of drug-likeness (QED) is 0.783.